The lowest BCUT2D eigenvalue weighted by molar-refractivity contribution is 0.0585. The number of aromatic nitrogens is 6. The molecular formula is C21H18F2N6O4. The number of H-pyrrole nitrogens is 1. The van der Waals surface area contributed by atoms with E-state index in [4.69, 9.17) is 0 Å². The van der Waals surface area contributed by atoms with Crippen molar-refractivity contribution in [3.8, 4) is 22.5 Å². The number of esters is 2. The molecule has 4 rings (SSSR count). The summed E-state index contributed by atoms with van der Waals surface area (Å²) in [5.41, 5.74) is 2.11. The van der Waals surface area contributed by atoms with Gasteiger partial charge in [-0.3, -0.25) is 0 Å². The lowest BCUT2D eigenvalue weighted by Crippen LogP contribution is -2.04. The van der Waals surface area contributed by atoms with Gasteiger partial charge < -0.3 is 9.47 Å². The summed E-state index contributed by atoms with van der Waals surface area (Å²) in [7, 11) is 4.12. The Morgan fingerprint density at radius 1 is 0.758 bits per heavy atom. The van der Waals surface area contributed by atoms with Crippen LogP contribution in [0.5, 0.6) is 0 Å². The number of methoxy groups -OCH3 is 2. The van der Waals surface area contributed by atoms with Gasteiger partial charge in [-0.15, -0.1) is 10.2 Å². The van der Waals surface area contributed by atoms with Crippen molar-refractivity contribution in [2.45, 2.75) is 0 Å². The quantitative estimate of drug-likeness (QED) is 0.465. The molecule has 2 aromatic carbocycles. The third-order valence-electron chi connectivity index (χ3n) is 4.25. The van der Waals surface area contributed by atoms with Crippen molar-refractivity contribution in [1.29, 1.82) is 0 Å². The van der Waals surface area contributed by atoms with Gasteiger partial charge >= 0.3 is 11.9 Å². The fraction of sp³-hybridized carbons (Fsp3) is 0.143. The van der Waals surface area contributed by atoms with E-state index in [-0.39, 0.29) is 23.0 Å². The number of benzene rings is 2. The topological polar surface area (TPSA) is 125 Å². The van der Waals surface area contributed by atoms with Crippen LogP contribution in [0.15, 0.2) is 48.5 Å². The highest BCUT2D eigenvalue weighted by Gasteiger charge is 2.20. The Morgan fingerprint density at radius 2 is 1.24 bits per heavy atom. The van der Waals surface area contributed by atoms with E-state index in [0.717, 1.165) is 0 Å². The van der Waals surface area contributed by atoms with Crippen LogP contribution in [0, 0.1) is 11.6 Å². The number of ether oxygens (including phenoxy) is 2. The molecule has 0 unspecified atom stereocenters. The summed E-state index contributed by atoms with van der Waals surface area (Å²) in [5, 5.41) is 17.8. The maximum absolute atomic E-state index is 12.8. The lowest BCUT2D eigenvalue weighted by atomic mass is 10.1. The standard InChI is InChI=1S/C11H10FN3O2.C10H8FN3O2/c1-15-13-9(10(14-15)11(16)17-2)7-3-5-8(12)6-4-7;1-16-10(15)9-8(12-14-13-9)6-2-4-7(11)5-3-6/h3-6H,1-2H3;2-5H,1H3,(H,12,13,14). The number of carbonyl (C=O) groups excluding carboxylic acids is 2. The van der Waals surface area contributed by atoms with Crippen LogP contribution in [0.4, 0.5) is 8.78 Å². The van der Waals surface area contributed by atoms with Gasteiger partial charge in [0.25, 0.3) is 0 Å². The molecule has 33 heavy (non-hydrogen) atoms. The molecule has 0 atom stereocenters. The van der Waals surface area contributed by atoms with Gasteiger partial charge in [-0.05, 0) is 48.5 Å². The number of rotatable bonds is 4. The molecule has 2 aromatic heterocycles. The first kappa shape index (κ1) is 23.2. The van der Waals surface area contributed by atoms with Gasteiger partial charge in [0.2, 0.25) is 0 Å². The number of aromatic amines is 1. The van der Waals surface area contributed by atoms with Crippen LogP contribution >= 0.6 is 0 Å². The first-order chi connectivity index (χ1) is 15.8. The Kier molecular flexibility index (Phi) is 7.18. The molecular weight excluding hydrogens is 438 g/mol. The second-order valence-corrected chi connectivity index (χ2v) is 6.40. The molecule has 0 radical (unpaired) electrons. The molecule has 0 aliphatic carbocycles. The number of hydrogen-bond donors (Lipinski definition) is 1. The first-order valence-electron chi connectivity index (χ1n) is 9.34. The van der Waals surface area contributed by atoms with E-state index in [0.29, 0.717) is 22.5 Å². The summed E-state index contributed by atoms with van der Waals surface area (Å²) in [5.74, 6) is -1.87. The monoisotopic (exact) mass is 456 g/mol. The van der Waals surface area contributed by atoms with Crippen molar-refractivity contribution in [3.63, 3.8) is 0 Å². The zero-order valence-electron chi connectivity index (χ0n) is 17.7. The van der Waals surface area contributed by atoms with Gasteiger partial charge in [-0.2, -0.15) is 20.2 Å². The average Bonchev–Trinajstić information content (AvgIpc) is 3.46. The molecule has 0 amide bonds. The van der Waals surface area contributed by atoms with Crippen molar-refractivity contribution < 1.29 is 27.8 Å². The first-order valence-corrected chi connectivity index (χ1v) is 9.34. The van der Waals surface area contributed by atoms with Crippen LogP contribution < -0.4 is 0 Å². The largest absolute Gasteiger partial charge is 0.464 e. The van der Waals surface area contributed by atoms with Gasteiger partial charge in [-0.25, -0.2) is 18.4 Å². The van der Waals surface area contributed by atoms with Crippen molar-refractivity contribution in [3.05, 3.63) is 71.6 Å². The third-order valence-corrected chi connectivity index (χ3v) is 4.25. The second-order valence-electron chi connectivity index (χ2n) is 6.40. The molecule has 0 spiro atoms. The van der Waals surface area contributed by atoms with Crippen molar-refractivity contribution in [2.24, 2.45) is 7.05 Å². The summed E-state index contributed by atoms with van der Waals surface area (Å²) < 4.78 is 34.7. The molecule has 12 heteroatoms. The smallest absolute Gasteiger partial charge is 0.360 e. The molecule has 0 saturated heterocycles. The minimum Gasteiger partial charge on any atom is -0.464 e. The number of carbonyl (C=O) groups is 2. The SMILES string of the molecule is COC(=O)c1n[nH]nc1-c1ccc(F)cc1.COC(=O)c1nn(C)nc1-c1ccc(F)cc1. The van der Waals surface area contributed by atoms with Crippen molar-refractivity contribution in [2.75, 3.05) is 14.2 Å². The fourth-order valence-corrected chi connectivity index (χ4v) is 2.72. The van der Waals surface area contributed by atoms with E-state index < -0.39 is 11.9 Å². The summed E-state index contributed by atoms with van der Waals surface area (Å²) >= 11 is 0. The van der Waals surface area contributed by atoms with E-state index in [1.54, 1.807) is 7.05 Å². The van der Waals surface area contributed by atoms with Crippen LogP contribution in [0.1, 0.15) is 21.0 Å². The molecule has 0 bridgehead atoms. The van der Waals surface area contributed by atoms with E-state index >= 15 is 0 Å². The van der Waals surface area contributed by atoms with Gasteiger partial charge in [-0.1, -0.05) is 0 Å². The zero-order valence-corrected chi connectivity index (χ0v) is 17.7. The fourth-order valence-electron chi connectivity index (χ4n) is 2.72. The Labute approximate surface area is 186 Å². The van der Waals surface area contributed by atoms with E-state index in [1.807, 2.05) is 0 Å². The maximum Gasteiger partial charge on any atom is 0.360 e. The van der Waals surface area contributed by atoms with Crippen molar-refractivity contribution >= 4 is 11.9 Å². The Hall–Kier alpha value is -4.48. The lowest BCUT2D eigenvalue weighted by Gasteiger charge is -1.98. The summed E-state index contributed by atoms with van der Waals surface area (Å²) in [6.45, 7) is 0. The molecule has 2 heterocycles. The molecule has 1 N–H and O–H groups in total. The highest BCUT2D eigenvalue weighted by molar-refractivity contribution is 5.94. The Balaban J connectivity index is 0.000000186. The van der Waals surface area contributed by atoms with E-state index in [1.165, 1.54) is 67.5 Å². The molecule has 0 aliphatic heterocycles. The molecule has 0 fully saturated rings. The molecule has 0 aliphatic rings. The Bertz CT molecular complexity index is 1250. The van der Waals surface area contributed by atoms with Gasteiger partial charge in [0.15, 0.2) is 11.4 Å². The number of nitrogens with one attached hydrogen (secondary N) is 1. The minimum absolute atomic E-state index is 0.0779. The van der Waals surface area contributed by atoms with Crippen LogP contribution in [-0.4, -0.2) is 56.6 Å². The Morgan fingerprint density at radius 3 is 1.76 bits per heavy atom. The highest BCUT2D eigenvalue weighted by atomic mass is 19.1. The summed E-state index contributed by atoms with van der Waals surface area (Å²) in [4.78, 5) is 24.1. The molecule has 4 aromatic rings. The van der Waals surface area contributed by atoms with Gasteiger partial charge in [0.1, 0.15) is 23.0 Å². The predicted octanol–water partition coefficient (Wildman–Crippen LogP) is 2.81. The number of halogens is 2. The number of aryl methyl sites for hydroxylation is 1. The average molecular weight is 456 g/mol. The van der Waals surface area contributed by atoms with Crippen LogP contribution in [0.25, 0.3) is 22.5 Å². The number of hydrogen-bond acceptors (Lipinski definition) is 8. The predicted molar refractivity (Wildman–Crippen MR) is 111 cm³/mol. The normalized spacial score (nSPS) is 10.2. The third kappa shape index (κ3) is 5.42. The molecule has 170 valence electrons. The van der Waals surface area contributed by atoms with Crippen LogP contribution in [0.2, 0.25) is 0 Å². The van der Waals surface area contributed by atoms with Crippen LogP contribution in [-0.2, 0) is 16.5 Å². The minimum atomic E-state index is -0.590. The summed E-state index contributed by atoms with van der Waals surface area (Å²) in [6.07, 6.45) is 0. The van der Waals surface area contributed by atoms with E-state index in [2.05, 4.69) is 35.1 Å². The second kappa shape index (κ2) is 10.2. The molecule has 0 saturated carbocycles. The van der Waals surface area contributed by atoms with Crippen LogP contribution in [0.3, 0.4) is 0 Å². The highest BCUT2D eigenvalue weighted by Crippen LogP contribution is 2.21. The zero-order chi connectivity index (χ0) is 24.0. The van der Waals surface area contributed by atoms with Gasteiger partial charge in [0.05, 0.1) is 14.2 Å². The maximum atomic E-state index is 12.8. The van der Waals surface area contributed by atoms with Gasteiger partial charge in [0, 0.05) is 18.2 Å². The van der Waals surface area contributed by atoms with Crippen molar-refractivity contribution in [1.82, 2.24) is 30.4 Å². The summed E-state index contributed by atoms with van der Waals surface area (Å²) in [6, 6.07) is 11.3. The number of nitrogens with zero attached hydrogens (tertiary/aromatic N) is 5. The van der Waals surface area contributed by atoms with E-state index in [9.17, 15) is 18.4 Å². The molecule has 10 nitrogen and oxygen atoms in total.